The highest BCUT2D eigenvalue weighted by molar-refractivity contribution is 7.12. The minimum Gasteiger partial charge on any atom is -0.382 e. The van der Waals surface area contributed by atoms with E-state index in [-0.39, 0.29) is 5.91 Å². The van der Waals surface area contributed by atoms with Crippen molar-refractivity contribution in [3.63, 3.8) is 0 Å². The molecule has 0 spiro atoms. The van der Waals surface area contributed by atoms with Gasteiger partial charge in [-0.25, -0.2) is 0 Å². The molecule has 0 bridgehead atoms. The highest BCUT2D eigenvalue weighted by Crippen LogP contribution is 2.07. The van der Waals surface area contributed by atoms with Gasteiger partial charge in [0.1, 0.15) is 0 Å². The lowest BCUT2D eigenvalue weighted by molar-refractivity contribution is 0.0698. The highest BCUT2D eigenvalue weighted by Gasteiger charge is 2.04. The number of nitrogens with zero attached hydrogens (tertiary/aromatic N) is 1. The van der Waals surface area contributed by atoms with E-state index in [2.05, 4.69) is 20.9 Å². The van der Waals surface area contributed by atoms with E-state index >= 15 is 0 Å². The molecule has 0 aliphatic heterocycles. The molecule has 1 aromatic rings. The fourth-order valence-electron chi connectivity index (χ4n) is 1.93. The molecule has 8 heteroatoms. The number of carbonyl (C=O) groups excluding carboxylic acids is 1. The number of amides is 1. The average molecular weight is 371 g/mol. The summed E-state index contributed by atoms with van der Waals surface area (Å²) in [6, 6.07) is 3.70. The summed E-state index contributed by atoms with van der Waals surface area (Å²) in [6.45, 7) is 6.87. The molecule has 142 valence electrons. The van der Waals surface area contributed by atoms with Crippen molar-refractivity contribution < 1.29 is 14.3 Å². The summed E-state index contributed by atoms with van der Waals surface area (Å²) in [7, 11) is 1.66. The summed E-state index contributed by atoms with van der Waals surface area (Å²) in [5, 5.41) is 11.3. The number of rotatable bonds is 13. The van der Waals surface area contributed by atoms with E-state index in [9.17, 15) is 4.79 Å². The number of hydrogen-bond donors (Lipinski definition) is 3. The van der Waals surface area contributed by atoms with Gasteiger partial charge in [0.15, 0.2) is 5.96 Å². The molecule has 0 saturated carbocycles. The Morgan fingerprint density at radius 3 is 2.72 bits per heavy atom. The van der Waals surface area contributed by atoms with Crippen LogP contribution in [-0.2, 0) is 9.47 Å². The fourth-order valence-corrected chi connectivity index (χ4v) is 2.57. The molecule has 0 unspecified atom stereocenters. The van der Waals surface area contributed by atoms with Crippen LogP contribution >= 0.6 is 11.3 Å². The van der Waals surface area contributed by atoms with Crippen LogP contribution in [0.3, 0.4) is 0 Å². The largest absolute Gasteiger partial charge is 0.382 e. The molecule has 1 rings (SSSR count). The molecule has 0 aliphatic carbocycles. The summed E-state index contributed by atoms with van der Waals surface area (Å²) in [5.74, 6) is 0.779. The second kappa shape index (κ2) is 14.7. The van der Waals surface area contributed by atoms with Crippen LogP contribution in [0.25, 0.3) is 0 Å². The maximum atomic E-state index is 11.8. The quantitative estimate of drug-likeness (QED) is 0.278. The molecule has 25 heavy (non-hydrogen) atoms. The summed E-state index contributed by atoms with van der Waals surface area (Å²) in [5.41, 5.74) is 0. The van der Waals surface area contributed by atoms with Gasteiger partial charge in [0.05, 0.1) is 18.1 Å². The van der Waals surface area contributed by atoms with Crippen LogP contribution < -0.4 is 16.0 Å². The van der Waals surface area contributed by atoms with E-state index in [1.165, 1.54) is 11.3 Å². The maximum Gasteiger partial charge on any atom is 0.261 e. The van der Waals surface area contributed by atoms with Crippen molar-refractivity contribution in [3.05, 3.63) is 22.4 Å². The van der Waals surface area contributed by atoms with Crippen LogP contribution in [0.2, 0.25) is 0 Å². The van der Waals surface area contributed by atoms with Crippen molar-refractivity contribution in [1.82, 2.24) is 16.0 Å². The molecule has 1 aromatic heterocycles. The number of guanidine groups is 1. The van der Waals surface area contributed by atoms with Gasteiger partial charge in [0.2, 0.25) is 0 Å². The molecule has 1 amide bonds. The zero-order valence-corrected chi connectivity index (χ0v) is 16.0. The third kappa shape index (κ3) is 10.8. The van der Waals surface area contributed by atoms with Crippen molar-refractivity contribution in [2.24, 2.45) is 4.99 Å². The van der Waals surface area contributed by atoms with E-state index in [1.807, 2.05) is 24.4 Å². The van der Waals surface area contributed by atoms with Crippen LogP contribution in [0.5, 0.6) is 0 Å². The first-order valence-corrected chi connectivity index (χ1v) is 9.56. The van der Waals surface area contributed by atoms with Crippen molar-refractivity contribution in [3.8, 4) is 0 Å². The lowest BCUT2D eigenvalue weighted by atomic mass is 10.4. The molecular weight excluding hydrogens is 340 g/mol. The van der Waals surface area contributed by atoms with Gasteiger partial charge in [-0.05, 0) is 31.2 Å². The van der Waals surface area contributed by atoms with Crippen LogP contribution in [0.1, 0.15) is 29.4 Å². The first-order valence-electron chi connectivity index (χ1n) is 8.68. The van der Waals surface area contributed by atoms with Crippen molar-refractivity contribution in [1.29, 1.82) is 0 Å². The van der Waals surface area contributed by atoms with Crippen LogP contribution in [0.4, 0.5) is 0 Å². The van der Waals surface area contributed by atoms with Gasteiger partial charge in [-0.2, -0.15) is 0 Å². The van der Waals surface area contributed by atoms with E-state index < -0.39 is 0 Å². The molecule has 0 aromatic carbocycles. The number of carbonyl (C=O) groups is 1. The van der Waals surface area contributed by atoms with Gasteiger partial charge in [-0.3, -0.25) is 9.79 Å². The predicted octanol–water partition coefficient (Wildman–Crippen LogP) is 1.48. The van der Waals surface area contributed by atoms with Gasteiger partial charge in [-0.1, -0.05) is 6.07 Å². The first-order chi connectivity index (χ1) is 12.3. The fraction of sp³-hybridized carbons (Fsp3) is 0.647. The summed E-state index contributed by atoms with van der Waals surface area (Å²) < 4.78 is 10.3. The number of hydrogen-bond acceptors (Lipinski definition) is 5. The van der Waals surface area contributed by atoms with E-state index in [0.29, 0.717) is 32.9 Å². The van der Waals surface area contributed by atoms with Crippen molar-refractivity contribution in [2.75, 3.05) is 53.1 Å². The molecule has 3 N–H and O–H groups in total. The second-order valence-electron chi connectivity index (χ2n) is 5.23. The monoisotopic (exact) mass is 370 g/mol. The van der Waals surface area contributed by atoms with Gasteiger partial charge < -0.3 is 25.4 Å². The predicted molar refractivity (Wildman–Crippen MR) is 103 cm³/mol. The summed E-state index contributed by atoms with van der Waals surface area (Å²) >= 11 is 1.45. The summed E-state index contributed by atoms with van der Waals surface area (Å²) in [4.78, 5) is 17.0. The Bertz CT molecular complexity index is 480. The zero-order valence-electron chi connectivity index (χ0n) is 15.2. The molecule has 0 saturated heterocycles. The smallest absolute Gasteiger partial charge is 0.261 e. The van der Waals surface area contributed by atoms with Gasteiger partial charge >= 0.3 is 0 Å². The lowest BCUT2D eigenvalue weighted by Crippen LogP contribution is -2.38. The zero-order chi connectivity index (χ0) is 18.2. The third-order valence-electron chi connectivity index (χ3n) is 3.17. The minimum absolute atomic E-state index is 0.0162. The van der Waals surface area contributed by atoms with Crippen molar-refractivity contribution in [2.45, 2.75) is 19.8 Å². The normalized spacial score (nSPS) is 11.4. The molecular formula is C17H30N4O3S. The SMILES string of the molecule is CCNC(=NCCCNC(=O)c1cccs1)NCCCOCCOC. The van der Waals surface area contributed by atoms with Gasteiger partial charge in [-0.15, -0.1) is 11.3 Å². The number of methoxy groups -OCH3 is 1. The maximum absolute atomic E-state index is 11.8. The molecule has 0 radical (unpaired) electrons. The van der Waals surface area contributed by atoms with Crippen LogP contribution in [0.15, 0.2) is 22.5 Å². The Morgan fingerprint density at radius 1 is 1.16 bits per heavy atom. The molecule has 0 atom stereocenters. The second-order valence-corrected chi connectivity index (χ2v) is 6.18. The Hall–Kier alpha value is -1.64. The highest BCUT2D eigenvalue weighted by atomic mass is 32.1. The minimum atomic E-state index is -0.0162. The Kier molecular flexibility index (Phi) is 12.6. The number of thiophene rings is 1. The molecule has 1 heterocycles. The van der Waals surface area contributed by atoms with E-state index in [4.69, 9.17) is 9.47 Å². The van der Waals surface area contributed by atoms with E-state index in [0.717, 1.165) is 36.8 Å². The van der Waals surface area contributed by atoms with Gasteiger partial charge in [0.25, 0.3) is 5.91 Å². The summed E-state index contributed by atoms with van der Waals surface area (Å²) in [6.07, 6.45) is 1.71. The number of ether oxygens (including phenoxy) is 2. The van der Waals surface area contributed by atoms with E-state index in [1.54, 1.807) is 7.11 Å². The molecule has 0 fully saturated rings. The lowest BCUT2D eigenvalue weighted by Gasteiger charge is -2.11. The Balaban J connectivity index is 2.12. The Labute approximate surface area is 154 Å². The first kappa shape index (κ1) is 21.4. The topological polar surface area (TPSA) is 84.0 Å². The molecule has 0 aliphatic rings. The Morgan fingerprint density at radius 2 is 2.00 bits per heavy atom. The standard InChI is InChI=1S/C17H30N4O3S/c1-3-18-17(21-10-6-11-24-13-12-23-2)20-9-5-8-19-16(22)15-7-4-14-25-15/h4,7,14H,3,5-6,8-13H2,1-2H3,(H,19,22)(H2,18,20,21). The third-order valence-corrected chi connectivity index (χ3v) is 4.04. The van der Waals surface area contributed by atoms with Crippen LogP contribution in [0, 0.1) is 0 Å². The van der Waals surface area contributed by atoms with Crippen molar-refractivity contribution >= 4 is 23.2 Å². The average Bonchev–Trinajstić information content (AvgIpc) is 3.15. The van der Waals surface area contributed by atoms with Crippen LogP contribution in [-0.4, -0.2) is 65.0 Å². The number of nitrogens with one attached hydrogen (secondary N) is 3. The number of aliphatic imine (C=N–C) groups is 1. The molecule has 7 nitrogen and oxygen atoms in total. The van der Waals surface area contributed by atoms with Gasteiger partial charge in [0, 0.05) is 39.9 Å².